The maximum atomic E-state index is 10.3. The molecule has 4 N–H and O–H groups in total. The van der Waals surface area contributed by atoms with Crippen LogP contribution in [-0.2, 0) is 4.79 Å². The molecule has 0 fully saturated rings. The van der Waals surface area contributed by atoms with Crippen molar-refractivity contribution < 1.29 is 4.79 Å². The molecule has 12 heavy (non-hydrogen) atoms. The lowest BCUT2D eigenvalue weighted by Crippen LogP contribution is -2.05. The van der Waals surface area contributed by atoms with Gasteiger partial charge < -0.3 is 11.5 Å². The van der Waals surface area contributed by atoms with Crippen molar-refractivity contribution in [2.75, 3.05) is 5.73 Å². The molecule has 1 aromatic rings. The Labute approximate surface area is 69.9 Å². The van der Waals surface area contributed by atoms with E-state index < -0.39 is 5.91 Å². The average molecular weight is 163 g/mol. The number of amides is 1. The van der Waals surface area contributed by atoms with E-state index in [-0.39, 0.29) is 0 Å². The number of nitrogen functional groups attached to an aromatic ring is 1. The third-order valence-electron chi connectivity index (χ3n) is 1.22. The summed E-state index contributed by atoms with van der Waals surface area (Å²) < 4.78 is 0. The number of pyridine rings is 1. The second kappa shape index (κ2) is 3.52. The molecular weight excluding hydrogens is 154 g/mol. The molecule has 0 aromatic carbocycles. The van der Waals surface area contributed by atoms with Crippen molar-refractivity contribution in [2.24, 2.45) is 5.73 Å². The number of carbonyl (C=O) groups is 1. The fourth-order valence-corrected chi connectivity index (χ4v) is 0.746. The van der Waals surface area contributed by atoms with Gasteiger partial charge in [-0.1, -0.05) is 0 Å². The van der Waals surface area contributed by atoms with Crippen LogP contribution in [0.1, 0.15) is 5.56 Å². The van der Waals surface area contributed by atoms with Crippen LogP contribution in [0, 0.1) is 0 Å². The van der Waals surface area contributed by atoms with E-state index in [9.17, 15) is 4.79 Å². The summed E-state index contributed by atoms with van der Waals surface area (Å²) >= 11 is 0. The van der Waals surface area contributed by atoms with Crippen molar-refractivity contribution in [2.45, 2.75) is 0 Å². The molecule has 0 aliphatic carbocycles. The molecule has 0 aliphatic heterocycles. The topological polar surface area (TPSA) is 82.0 Å². The number of aromatic nitrogens is 1. The summed E-state index contributed by atoms with van der Waals surface area (Å²) in [5, 5.41) is 0. The van der Waals surface area contributed by atoms with Gasteiger partial charge in [0.15, 0.2) is 0 Å². The van der Waals surface area contributed by atoms with Crippen molar-refractivity contribution >= 4 is 17.7 Å². The van der Waals surface area contributed by atoms with Gasteiger partial charge in [-0.05, 0) is 17.7 Å². The monoisotopic (exact) mass is 163 g/mol. The van der Waals surface area contributed by atoms with Crippen molar-refractivity contribution in [3.63, 3.8) is 0 Å². The maximum Gasteiger partial charge on any atom is 0.241 e. The highest BCUT2D eigenvalue weighted by Crippen LogP contribution is 2.04. The van der Waals surface area contributed by atoms with Crippen LogP contribution >= 0.6 is 0 Å². The van der Waals surface area contributed by atoms with Gasteiger partial charge >= 0.3 is 0 Å². The fraction of sp³-hybridized carbons (Fsp3) is 0. The van der Waals surface area contributed by atoms with E-state index in [2.05, 4.69) is 4.98 Å². The number of carbonyl (C=O) groups excluding carboxylic acids is 1. The van der Waals surface area contributed by atoms with E-state index in [0.717, 1.165) is 5.56 Å². The minimum Gasteiger partial charge on any atom is -0.397 e. The van der Waals surface area contributed by atoms with Crippen LogP contribution in [0.4, 0.5) is 5.69 Å². The molecule has 1 rings (SSSR count). The highest BCUT2D eigenvalue weighted by molar-refractivity contribution is 5.90. The molecule has 0 bridgehead atoms. The molecule has 0 saturated carbocycles. The number of primary amides is 1. The van der Waals surface area contributed by atoms with E-state index in [4.69, 9.17) is 11.5 Å². The van der Waals surface area contributed by atoms with Gasteiger partial charge in [-0.2, -0.15) is 0 Å². The van der Waals surface area contributed by atoms with E-state index in [1.165, 1.54) is 12.3 Å². The second-order valence-electron chi connectivity index (χ2n) is 2.29. The molecule has 4 nitrogen and oxygen atoms in total. The molecule has 0 radical (unpaired) electrons. The molecule has 4 heteroatoms. The molecule has 0 saturated heterocycles. The molecule has 0 atom stereocenters. The smallest absolute Gasteiger partial charge is 0.241 e. The van der Waals surface area contributed by atoms with E-state index in [1.54, 1.807) is 18.3 Å². The number of rotatable bonds is 2. The zero-order valence-corrected chi connectivity index (χ0v) is 6.40. The highest BCUT2D eigenvalue weighted by atomic mass is 16.1. The third-order valence-corrected chi connectivity index (χ3v) is 1.22. The van der Waals surface area contributed by atoms with Gasteiger partial charge in [0.05, 0.1) is 5.69 Å². The number of nitrogens with zero attached hydrogens (tertiary/aromatic N) is 1. The lowest BCUT2D eigenvalue weighted by Gasteiger charge is -1.93. The summed E-state index contributed by atoms with van der Waals surface area (Å²) in [6, 6.07) is 1.70. The van der Waals surface area contributed by atoms with Crippen molar-refractivity contribution in [1.82, 2.24) is 4.98 Å². The predicted molar refractivity (Wildman–Crippen MR) is 46.9 cm³/mol. The maximum absolute atomic E-state index is 10.3. The van der Waals surface area contributed by atoms with Crippen molar-refractivity contribution in [3.05, 3.63) is 30.1 Å². The zero-order chi connectivity index (χ0) is 8.97. The first-order chi connectivity index (χ1) is 5.68. The Bertz CT molecular complexity index is 320. The molecule has 0 unspecified atom stereocenters. The Kier molecular flexibility index (Phi) is 2.42. The third kappa shape index (κ3) is 2.42. The molecule has 0 spiro atoms. The van der Waals surface area contributed by atoms with Crippen LogP contribution in [0.2, 0.25) is 0 Å². The summed E-state index contributed by atoms with van der Waals surface area (Å²) in [4.78, 5) is 14.2. The normalized spacial score (nSPS) is 10.3. The van der Waals surface area contributed by atoms with Crippen LogP contribution in [0.5, 0.6) is 0 Å². The largest absolute Gasteiger partial charge is 0.397 e. The van der Waals surface area contributed by atoms with E-state index in [0.29, 0.717) is 5.69 Å². The first-order valence-corrected chi connectivity index (χ1v) is 3.36. The lowest BCUT2D eigenvalue weighted by atomic mass is 10.2. The fourth-order valence-electron chi connectivity index (χ4n) is 0.746. The lowest BCUT2D eigenvalue weighted by molar-refractivity contribution is -0.113. The quantitative estimate of drug-likeness (QED) is 0.609. The zero-order valence-electron chi connectivity index (χ0n) is 6.40. The summed E-state index contributed by atoms with van der Waals surface area (Å²) in [5.74, 6) is -0.488. The minimum atomic E-state index is -0.488. The summed E-state index contributed by atoms with van der Waals surface area (Å²) in [5.41, 5.74) is 11.7. The summed E-state index contributed by atoms with van der Waals surface area (Å²) in [6.07, 6.45) is 5.94. The second-order valence-corrected chi connectivity index (χ2v) is 2.29. The van der Waals surface area contributed by atoms with Crippen LogP contribution in [0.15, 0.2) is 24.5 Å². The Morgan fingerprint density at radius 3 is 2.83 bits per heavy atom. The Morgan fingerprint density at radius 1 is 1.50 bits per heavy atom. The van der Waals surface area contributed by atoms with Gasteiger partial charge in [0.1, 0.15) is 0 Å². The van der Waals surface area contributed by atoms with E-state index in [1.807, 2.05) is 0 Å². The summed E-state index contributed by atoms with van der Waals surface area (Å²) in [7, 11) is 0. The van der Waals surface area contributed by atoms with Crippen molar-refractivity contribution in [3.8, 4) is 0 Å². The number of nitrogens with two attached hydrogens (primary N) is 2. The Morgan fingerprint density at radius 2 is 2.25 bits per heavy atom. The number of anilines is 1. The number of hydrogen-bond acceptors (Lipinski definition) is 3. The predicted octanol–water partition coefficient (Wildman–Crippen LogP) is 0.162. The number of hydrogen-bond donors (Lipinski definition) is 2. The average Bonchev–Trinajstić information content (AvgIpc) is 2.01. The minimum absolute atomic E-state index is 0.488. The van der Waals surface area contributed by atoms with Gasteiger partial charge in [-0.25, -0.2) is 0 Å². The summed E-state index contributed by atoms with van der Waals surface area (Å²) in [6.45, 7) is 0. The van der Waals surface area contributed by atoms with Crippen LogP contribution < -0.4 is 11.5 Å². The van der Waals surface area contributed by atoms with Gasteiger partial charge in [0, 0.05) is 18.5 Å². The highest BCUT2D eigenvalue weighted by Gasteiger charge is 1.89. The van der Waals surface area contributed by atoms with Crippen LogP contribution in [0.25, 0.3) is 6.08 Å². The Balaban J connectivity index is 2.83. The van der Waals surface area contributed by atoms with E-state index >= 15 is 0 Å². The first-order valence-electron chi connectivity index (χ1n) is 3.36. The Hall–Kier alpha value is -1.84. The van der Waals surface area contributed by atoms with Gasteiger partial charge in [-0.15, -0.1) is 0 Å². The molecule has 62 valence electrons. The van der Waals surface area contributed by atoms with Crippen LogP contribution in [0.3, 0.4) is 0 Å². The molecule has 1 amide bonds. The van der Waals surface area contributed by atoms with Gasteiger partial charge in [0.2, 0.25) is 5.91 Å². The van der Waals surface area contributed by atoms with Crippen molar-refractivity contribution in [1.29, 1.82) is 0 Å². The molecule has 1 aromatic heterocycles. The molecule has 1 heterocycles. The van der Waals surface area contributed by atoms with Gasteiger partial charge in [-0.3, -0.25) is 9.78 Å². The molecular formula is C8H9N3O. The van der Waals surface area contributed by atoms with Gasteiger partial charge in [0.25, 0.3) is 0 Å². The van der Waals surface area contributed by atoms with Crippen LogP contribution in [-0.4, -0.2) is 10.9 Å². The molecule has 0 aliphatic rings. The first kappa shape index (κ1) is 8.26. The SMILES string of the molecule is NC(=O)C=Cc1cncc(N)c1. The standard InChI is InChI=1S/C8H9N3O/c9-7-3-6(4-11-5-7)1-2-8(10)12/h1-5H,9H2,(H2,10,12).